The molecular formula is C11H13N3O. The molecule has 0 bridgehead atoms. The number of carbonyl (C=O) groups is 1. The van der Waals surface area contributed by atoms with Gasteiger partial charge in [0, 0.05) is 6.42 Å². The van der Waals surface area contributed by atoms with Gasteiger partial charge in [0.1, 0.15) is 5.52 Å². The molecule has 0 fully saturated rings. The van der Waals surface area contributed by atoms with Gasteiger partial charge in [0.2, 0.25) is 5.91 Å². The van der Waals surface area contributed by atoms with Gasteiger partial charge in [-0.25, -0.2) is 0 Å². The second-order valence-corrected chi connectivity index (χ2v) is 3.49. The van der Waals surface area contributed by atoms with E-state index >= 15 is 0 Å². The van der Waals surface area contributed by atoms with Crippen molar-refractivity contribution in [2.75, 3.05) is 0 Å². The van der Waals surface area contributed by atoms with E-state index in [1.807, 2.05) is 24.3 Å². The Labute approximate surface area is 87.9 Å². The SMILES string of the molecule is CCCCC(=O)n1nnc2ccccc21. The lowest BCUT2D eigenvalue weighted by atomic mass is 10.2. The van der Waals surface area contributed by atoms with Crippen LogP contribution in [-0.2, 0) is 0 Å². The van der Waals surface area contributed by atoms with Gasteiger partial charge in [0.15, 0.2) is 0 Å². The molecule has 15 heavy (non-hydrogen) atoms. The summed E-state index contributed by atoms with van der Waals surface area (Å²) >= 11 is 0. The fraction of sp³-hybridized carbons (Fsp3) is 0.364. The molecule has 0 radical (unpaired) electrons. The van der Waals surface area contributed by atoms with Crippen LogP contribution in [0.5, 0.6) is 0 Å². The molecule has 1 heterocycles. The van der Waals surface area contributed by atoms with Gasteiger partial charge in [0.05, 0.1) is 5.52 Å². The van der Waals surface area contributed by atoms with E-state index in [2.05, 4.69) is 17.2 Å². The van der Waals surface area contributed by atoms with Crippen LogP contribution in [0, 0.1) is 0 Å². The number of hydrogen-bond acceptors (Lipinski definition) is 3. The summed E-state index contributed by atoms with van der Waals surface area (Å²) in [5.41, 5.74) is 1.56. The van der Waals surface area contributed by atoms with E-state index < -0.39 is 0 Å². The van der Waals surface area contributed by atoms with Crippen molar-refractivity contribution in [3.8, 4) is 0 Å². The molecule has 0 saturated heterocycles. The number of carbonyl (C=O) groups excluding carboxylic acids is 1. The third kappa shape index (κ3) is 1.88. The lowest BCUT2D eigenvalue weighted by molar-refractivity contribution is 0.0887. The molecule has 0 spiro atoms. The van der Waals surface area contributed by atoms with Crippen molar-refractivity contribution in [3.05, 3.63) is 24.3 Å². The van der Waals surface area contributed by atoms with Gasteiger partial charge in [-0.3, -0.25) is 4.79 Å². The highest BCUT2D eigenvalue weighted by atomic mass is 16.2. The fourth-order valence-electron chi connectivity index (χ4n) is 1.49. The Bertz CT molecular complexity index is 475. The van der Waals surface area contributed by atoms with Crippen molar-refractivity contribution in [2.24, 2.45) is 0 Å². The average molecular weight is 203 g/mol. The van der Waals surface area contributed by atoms with Gasteiger partial charge >= 0.3 is 0 Å². The standard InChI is InChI=1S/C11H13N3O/c1-2-3-8-11(15)14-10-7-5-4-6-9(10)12-13-14/h4-7H,2-3,8H2,1H3. The second-order valence-electron chi connectivity index (χ2n) is 3.49. The molecule has 1 aromatic carbocycles. The molecule has 0 aliphatic rings. The molecule has 0 atom stereocenters. The Morgan fingerprint density at radius 1 is 1.40 bits per heavy atom. The predicted octanol–water partition coefficient (Wildman–Crippen LogP) is 2.26. The van der Waals surface area contributed by atoms with E-state index in [1.165, 1.54) is 4.68 Å². The van der Waals surface area contributed by atoms with E-state index in [-0.39, 0.29) is 5.91 Å². The number of nitrogens with zero attached hydrogens (tertiary/aromatic N) is 3. The normalized spacial score (nSPS) is 10.7. The minimum Gasteiger partial charge on any atom is -0.273 e. The molecule has 0 amide bonds. The summed E-state index contributed by atoms with van der Waals surface area (Å²) in [6.07, 6.45) is 2.44. The van der Waals surface area contributed by atoms with Crippen LogP contribution >= 0.6 is 0 Å². The Balaban J connectivity index is 2.31. The first kappa shape index (κ1) is 9.83. The summed E-state index contributed by atoms with van der Waals surface area (Å²) in [5.74, 6) is 0.0190. The molecular weight excluding hydrogens is 190 g/mol. The van der Waals surface area contributed by atoms with Gasteiger partial charge in [0.25, 0.3) is 0 Å². The van der Waals surface area contributed by atoms with Crippen molar-refractivity contribution in [1.82, 2.24) is 15.0 Å². The van der Waals surface area contributed by atoms with Crippen LogP contribution in [-0.4, -0.2) is 20.9 Å². The molecule has 2 rings (SSSR count). The predicted molar refractivity (Wildman–Crippen MR) is 57.7 cm³/mol. The summed E-state index contributed by atoms with van der Waals surface area (Å²) in [6.45, 7) is 2.06. The Kier molecular flexibility index (Phi) is 2.76. The van der Waals surface area contributed by atoms with Crippen LogP contribution in [0.3, 0.4) is 0 Å². The number of benzene rings is 1. The van der Waals surface area contributed by atoms with Gasteiger partial charge in [-0.2, -0.15) is 4.68 Å². The number of hydrogen-bond donors (Lipinski definition) is 0. The van der Waals surface area contributed by atoms with E-state index in [1.54, 1.807) is 0 Å². The zero-order valence-electron chi connectivity index (χ0n) is 8.68. The van der Waals surface area contributed by atoms with Gasteiger partial charge in [-0.15, -0.1) is 5.10 Å². The summed E-state index contributed by atoms with van der Waals surface area (Å²) in [5, 5.41) is 7.81. The lowest BCUT2D eigenvalue weighted by Gasteiger charge is -1.99. The minimum absolute atomic E-state index is 0.0190. The van der Waals surface area contributed by atoms with Crippen LogP contribution in [0.2, 0.25) is 0 Å². The average Bonchev–Trinajstić information content (AvgIpc) is 2.69. The highest BCUT2D eigenvalue weighted by Crippen LogP contribution is 2.10. The van der Waals surface area contributed by atoms with Crippen molar-refractivity contribution in [2.45, 2.75) is 26.2 Å². The zero-order valence-corrected chi connectivity index (χ0v) is 8.68. The second kappa shape index (κ2) is 4.21. The fourth-order valence-corrected chi connectivity index (χ4v) is 1.49. The number of fused-ring (bicyclic) bond motifs is 1. The van der Waals surface area contributed by atoms with E-state index in [9.17, 15) is 4.79 Å². The van der Waals surface area contributed by atoms with E-state index in [4.69, 9.17) is 0 Å². The van der Waals surface area contributed by atoms with Gasteiger partial charge in [-0.05, 0) is 18.6 Å². The number of rotatable bonds is 3. The maximum absolute atomic E-state index is 11.7. The van der Waals surface area contributed by atoms with Crippen molar-refractivity contribution in [3.63, 3.8) is 0 Å². The van der Waals surface area contributed by atoms with Crippen LogP contribution in [0.25, 0.3) is 11.0 Å². The maximum Gasteiger partial charge on any atom is 0.248 e. The summed E-state index contributed by atoms with van der Waals surface area (Å²) in [6, 6.07) is 7.48. The third-order valence-electron chi connectivity index (χ3n) is 2.33. The Hall–Kier alpha value is -1.71. The van der Waals surface area contributed by atoms with Crippen LogP contribution < -0.4 is 0 Å². The molecule has 78 valence electrons. The first-order valence-corrected chi connectivity index (χ1v) is 5.16. The molecule has 2 aromatic rings. The molecule has 0 aliphatic carbocycles. The van der Waals surface area contributed by atoms with E-state index in [0.29, 0.717) is 6.42 Å². The maximum atomic E-state index is 11.7. The first-order chi connectivity index (χ1) is 7.33. The van der Waals surface area contributed by atoms with Crippen LogP contribution in [0.1, 0.15) is 31.0 Å². The molecule has 4 nitrogen and oxygen atoms in total. The van der Waals surface area contributed by atoms with E-state index in [0.717, 1.165) is 23.9 Å². The van der Waals surface area contributed by atoms with Crippen molar-refractivity contribution in [1.29, 1.82) is 0 Å². The van der Waals surface area contributed by atoms with Crippen molar-refractivity contribution >= 4 is 16.9 Å². The monoisotopic (exact) mass is 203 g/mol. The lowest BCUT2D eigenvalue weighted by Crippen LogP contribution is -2.11. The zero-order chi connectivity index (χ0) is 10.7. The third-order valence-corrected chi connectivity index (χ3v) is 2.33. The molecule has 0 unspecified atom stereocenters. The Morgan fingerprint density at radius 3 is 3.00 bits per heavy atom. The first-order valence-electron chi connectivity index (χ1n) is 5.16. The molecule has 0 saturated carbocycles. The highest BCUT2D eigenvalue weighted by molar-refractivity contribution is 5.88. The minimum atomic E-state index is 0.0190. The molecule has 0 N–H and O–H groups in total. The van der Waals surface area contributed by atoms with Crippen LogP contribution in [0.15, 0.2) is 24.3 Å². The Morgan fingerprint density at radius 2 is 2.20 bits per heavy atom. The number of aromatic nitrogens is 3. The summed E-state index contributed by atoms with van der Waals surface area (Å²) in [7, 11) is 0. The summed E-state index contributed by atoms with van der Waals surface area (Å²) < 4.78 is 1.39. The van der Waals surface area contributed by atoms with Gasteiger partial charge < -0.3 is 0 Å². The number of para-hydroxylation sites is 1. The summed E-state index contributed by atoms with van der Waals surface area (Å²) in [4.78, 5) is 11.7. The highest BCUT2D eigenvalue weighted by Gasteiger charge is 2.10. The van der Waals surface area contributed by atoms with Gasteiger partial charge in [-0.1, -0.05) is 30.7 Å². The molecule has 1 aromatic heterocycles. The largest absolute Gasteiger partial charge is 0.273 e. The van der Waals surface area contributed by atoms with Crippen molar-refractivity contribution < 1.29 is 4.79 Å². The smallest absolute Gasteiger partial charge is 0.248 e. The quantitative estimate of drug-likeness (QED) is 0.768. The van der Waals surface area contributed by atoms with Crippen LogP contribution in [0.4, 0.5) is 0 Å². The molecule has 0 aliphatic heterocycles. The topological polar surface area (TPSA) is 47.8 Å². The number of unbranched alkanes of at least 4 members (excludes halogenated alkanes) is 1. The molecule has 4 heteroatoms.